The van der Waals surface area contributed by atoms with Gasteiger partial charge in [0.05, 0.1) is 29.0 Å². The van der Waals surface area contributed by atoms with E-state index in [2.05, 4.69) is 27.2 Å². The van der Waals surface area contributed by atoms with E-state index in [1.54, 1.807) is 12.3 Å². The van der Waals surface area contributed by atoms with E-state index in [0.29, 0.717) is 36.4 Å². The fourth-order valence-electron chi connectivity index (χ4n) is 4.31. The van der Waals surface area contributed by atoms with Crippen LogP contribution in [0.3, 0.4) is 0 Å². The van der Waals surface area contributed by atoms with Crippen LogP contribution >= 0.6 is 0 Å². The molecule has 2 aromatic carbocycles. The van der Waals surface area contributed by atoms with Crippen LogP contribution in [-0.4, -0.2) is 85.4 Å². The molecule has 1 amide bonds. The number of allylic oxidation sites excluding steroid dienone is 2. The van der Waals surface area contributed by atoms with Gasteiger partial charge >= 0.3 is 6.61 Å². The molecular formula is C31H37F2N7O5S. The van der Waals surface area contributed by atoms with Crippen LogP contribution in [-0.2, 0) is 22.0 Å². The van der Waals surface area contributed by atoms with E-state index in [1.807, 2.05) is 73.0 Å². The predicted molar refractivity (Wildman–Crippen MR) is 178 cm³/mol. The number of aromatic nitrogens is 3. The summed E-state index contributed by atoms with van der Waals surface area (Å²) in [5.74, 6) is -0.354. The number of nitrogens with zero attached hydrogens (tertiary/aromatic N) is 5. The van der Waals surface area contributed by atoms with Gasteiger partial charge in [-0.2, -0.15) is 17.2 Å². The monoisotopic (exact) mass is 657 g/mol. The van der Waals surface area contributed by atoms with Crippen LogP contribution in [0, 0.1) is 0 Å². The van der Waals surface area contributed by atoms with Crippen LogP contribution < -0.4 is 20.3 Å². The minimum Gasteiger partial charge on any atom is -0.433 e. The summed E-state index contributed by atoms with van der Waals surface area (Å²) in [4.78, 5) is 25.4. The first kappa shape index (κ1) is 35.6. The van der Waals surface area contributed by atoms with Crippen LogP contribution in [0.1, 0.15) is 0 Å². The van der Waals surface area contributed by atoms with Crippen LogP contribution in [0.5, 0.6) is 5.75 Å². The summed E-state index contributed by atoms with van der Waals surface area (Å²) >= 11 is 0. The van der Waals surface area contributed by atoms with Crippen LogP contribution in [0.2, 0.25) is 0 Å². The molecule has 4 aromatic rings. The Morgan fingerprint density at radius 3 is 2.50 bits per heavy atom. The molecule has 15 heteroatoms. The standard InChI is InChI=1S/C30H33F2N7O2.CH4O3S/c1-6-7-12-28(40)34-23-17-24(27(41-29(31)32)18-26(23)38(4)16-15-37(2)3)36-30-33-14-13-22(35-30)21-19-39(5)25-11-9-8-10-20(21)25;1-5(2,3)4/h6-14,17-19,29H,1,15-16H2,2-5H3,(H,34,40)(H,33,35,36);1H3,(H,2,3,4)/b12-7+;. The zero-order valence-electron chi connectivity index (χ0n) is 26.1. The van der Waals surface area contributed by atoms with Crippen molar-refractivity contribution in [3.63, 3.8) is 0 Å². The Kier molecular flexibility index (Phi) is 12.3. The lowest BCUT2D eigenvalue weighted by atomic mass is 10.1. The number of ether oxygens (including phenoxy) is 1. The second-order valence-corrected chi connectivity index (χ2v) is 11.8. The maximum Gasteiger partial charge on any atom is 0.387 e. The van der Waals surface area contributed by atoms with E-state index in [-0.39, 0.29) is 17.4 Å². The van der Waals surface area contributed by atoms with Gasteiger partial charge in [-0.05, 0) is 32.3 Å². The molecule has 246 valence electrons. The average Bonchev–Trinajstić information content (AvgIpc) is 3.31. The number of alkyl halides is 2. The lowest BCUT2D eigenvalue weighted by molar-refractivity contribution is -0.111. The van der Waals surface area contributed by atoms with Crippen molar-refractivity contribution in [3.05, 3.63) is 79.7 Å². The van der Waals surface area contributed by atoms with Crippen LogP contribution in [0.15, 0.2) is 79.7 Å². The van der Waals surface area contributed by atoms with Gasteiger partial charge in [-0.3, -0.25) is 9.35 Å². The maximum absolute atomic E-state index is 13.5. The molecule has 0 unspecified atom stereocenters. The molecule has 0 aliphatic carbocycles. The van der Waals surface area contributed by atoms with Gasteiger partial charge in [0.2, 0.25) is 11.9 Å². The summed E-state index contributed by atoms with van der Waals surface area (Å²) in [6, 6.07) is 12.7. The molecule has 0 radical (unpaired) electrons. The second-order valence-electron chi connectivity index (χ2n) is 10.3. The highest BCUT2D eigenvalue weighted by Gasteiger charge is 2.19. The zero-order valence-corrected chi connectivity index (χ0v) is 26.9. The van der Waals surface area contributed by atoms with E-state index in [1.165, 1.54) is 30.4 Å². The fraction of sp³-hybridized carbons (Fsp3) is 0.258. The van der Waals surface area contributed by atoms with Crippen LogP contribution in [0.25, 0.3) is 22.2 Å². The number of nitrogens with one attached hydrogen (secondary N) is 2. The summed E-state index contributed by atoms with van der Waals surface area (Å²) in [5, 5.41) is 6.86. The van der Waals surface area contributed by atoms with Crippen molar-refractivity contribution in [1.82, 2.24) is 19.4 Å². The number of fused-ring (bicyclic) bond motifs is 1. The van der Waals surface area contributed by atoms with Gasteiger partial charge < -0.3 is 29.7 Å². The number of likely N-dealkylation sites (N-methyl/N-ethyl adjacent to an activating group) is 2. The highest BCUT2D eigenvalue weighted by atomic mass is 32.2. The lowest BCUT2D eigenvalue weighted by Gasteiger charge is -2.26. The van der Waals surface area contributed by atoms with Crippen molar-refractivity contribution in [2.75, 3.05) is 56.0 Å². The predicted octanol–water partition coefficient (Wildman–Crippen LogP) is 5.16. The number of aryl methyl sites for hydroxylation is 1. The molecule has 0 saturated carbocycles. The largest absolute Gasteiger partial charge is 0.433 e. The van der Waals surface area contributed by atoms with Gasteiger partial charge in [0, 0.05) is 68.2 Å². The third-order valence-electron chi connectivity index (χ3n) is 6.32. The smallest absolute Gasteiger partial charge is 0.387 e. The van der Waals surface area contributed by atoms with E-state index in [0.717, 1.165) is 16.5 Å². The highest BCUT2D eigenvalue weighted by molar-refractivity contribution is 7.85. The van der Waals surface area contributed by atoms with Crippen molar-refractivity contribution in [2.45, 2.75) is 6.61 Å². The Hall–Kier alpha value is -4.86. The number of hydrogen-bond donors (Lipinski definition) is 3. The molecule has 46 heavy (non-hydrogen) atoms. The summed E-state index contributed by atoms with van der Waals surface area (Å²) in [7, 11) is 3.96. The van der Waals surface area contributed by atoms with Gasteiger partial charge in [0.1, 0.15) is 0 Å². The second kappa shape index (κ2) is 15.9. The Bertz CT molecular complexity index is 1800. The third kappa shape index (κ3) is 10.6. The molecule has 0 saturated heterocycles. The Morgan fingerprint density at radius 2 is 1.85 bits per heavy atom. The zero-order chi connectivity index (χ0) is 34.0. The van der Waals surface area contributed by atoms with Crippen molar-refractivity contribution < 1.29 is 31.3 Å². The summed E-state index contributed by atoms with van der Waals surface area (Å²) in [6.07, 6.45) is 8.59. The molecule has 0 bridgehead atoms. The first-order chi connectivity index (χ1) is 21.7. The Balaban J connectivity index is 0.00000107. The molecule has 0 aliphatic rings. The normalized spacial score (nSPS) is 11.4. The lowest BCUT2D eigenvalue weighted by Crippen LogP contribution is -2.29. The number of amides is 1. The molecule has 0 fully saturated rings. The number of rotatable bonds is 12. The molecule has 0 aliphatic heterocycles. The van der Waals surface area contributed by atoms with E-state index in [9.17, 15) is 22.0 Å². The average molecular weight is 658 g/mol. The van der Waals surface area contributed by atoms with E-state index >= 15 is 0 Å². The number of carbonyl (C=O) groups is 1. The molecule has 2 heterocycles. The maximum atomic E-state index is 13.5. The first-order valence-corrected chi connectivity index (χ1v) is 15.7. The summed E-state index contributed by atoms with van der Waals surface area (Å²) in [6.45, 7) is 1.77. The van der Waals surface area contributed by atoms with E-state index in [4.69, 9.17) is 9.29 Å². The molecule has 2 aromatic heterocycles. The SMILES string of the molecule is C=C/C=C/C(=O)Nc1cc(Nc2nccc(-c3cn(C)c4ccccc34)n2)c(OC(F)F)cc1N(C)CCN(C)C.CS(=O)(=O)O. The van der Waals surface area contributed by atoms with Gasteiger partial charge in [-0.1, -0.05) is 36.9 Å². The Morgan fingerprint density at radius 1 is 1.15 bits per heavy atom. The van der Waals surface area contributed by atoms with Gasteiger partial charge in [0.15, 0.2) is 5.75 Å². The number of carbonyl (C=O) groups excluding carboxylic acids is 1. The van der Waals surface area contributed by atoms with Crippen molar-refractivity contribution in [2.24, 2.45) is 7.05 Å². The van der Waals surface area contributed by atoms with E-state index < -0.39 is 22.6 Å². The number of benzene rings is 2. The van der Waals surface area contributed by atoms with Crippen molar-refractivity contribution in [1.29, 1.82) is 0 Å². The molecule has 4 rings (SSSR count). The summed E-state index contributed by atoms with van der Waals surface area (Å²) < 4.78 is 59.8. The third-order valence-corrected chi connectivity index (χ3v) is 6.32. The topological polar surface area (TPSA) is 142 Å². The van der Waals surface area contributed by atoms with Crippen molar-refractivity contribution in [3.8, 4) is 17.0 Å². The fourth-order valence-corrected chi connectivity index (χ4v) is 4.31. The number of para-hydroxylation sites is 1. The summed E-state index contributed by atoms with van der Waals surface area (Å²) in [5.41, 5.74) is 3.64. The van der Waals surface area contributed by atoms with Gasteiger partial charge in [-0.25, -0.2) is 9.97 Å². The first-order valence-electron chi connectivity index (χ1n) is 13.8. The molecule has 12 nitrogen and oxygen atoms in total. The highest BCUT2D eigenvalue weighted by Crippen LogP contribution is 2.39. The van der Waals surface area contributed by atoms with Crippen LogP contribution in [0.4, 0.5) is 31.8 Å². The molecule has 0 atom stereocenters. The minimum absolute atomic E-state index is 0.120. The molecule has 0 spiro atoms. The molecule has 3 N–H and O–H groups in total. The molecular weight excluding hydrogens is 620 g/mol. The quantitative estimate of drug-likeness (QED) is 0.106. The number of hydrogen-bond acceptors (Lipinski definition) is 9. The van der Waals surface area contributed by atoms with Gasteiger partial charge in [0.25, 0.3) is 10.1 Å². The number of halogens is 2. The Labute approximate surface area is 266 Å². The van der Waals surface area contributed by atoms with Crippen molar-refractivity contribution >= 4 is 49.9 Å². The minimum atomic E-state index is -3.67. The number of anilines is 4. The van der Waals surface area contributed by atoms with Gasteiger partial charge in [-0.15, -0.1) is 0 Å².